The molecule has 0 bridgehead atoms. The number of fused-ring (bicyclic) bond motifs is 1. The number of carbonyl (C=O) groups excluding carboxylic acids is 2. The van der Waals surface area contributed by atoms with Gasteiger partial charge >= 0.3 is 11.9 Å². The average Bonchev–Trinajstić information content (AvgIpc) is 2.51. The van der Waals surface area contributed by atoms with Gasteiger partial charge in [-0.2, -0.15) is 0 Å². The molecule has 0 spiro atoms. The zero-order chi connectivity index (χ0) is 14.7. The van der Waals surface area contributed by atoms with Crippen LogP contribution in [0.1, 0.15) is 18.4 Å². The summed E-state index contributed by atoms with van der Waals surface area (Å²) in [5.74, 6) is -1.73. The van der Waals surface area contributed by atoms with Gasteiger partial charge in [-0.25, -0.2) is 4.79 Å². The minimum atomic E-state index is -0.744. The molecule has 1 heterocycles. The Morgan fingerprint density at radius 3 is 2.50 bits per heavy atom. The molecule has 0 radical (unpaired) electrons. The highest BCUT2D eigenvalue weighted by Gasteiger charge is 2.36. The predicted molar refractivity (Wildman–Crippen MR) is 74.3 cm³/mol. The summed E-state index contributed by atoms with van der Waals surface area (Å²) >= 11 is 0. The summed E-state index contributed by atoms with van der Waals surface area (Å²) in [6.45, 7) is 2.66. The summed E-state index contributed by atoms with van der Waals surface area (Å²) in [5, 5.41) is 0. The number of nitrogens with zero attached hydrogens (tertiary/aromatic N) is 1. The Hall–Kier alpha value is -2.30. The molecule has 0 N–H and O–H groups in total. The quantitative estimate of drug-likeness (QED) is 0.788. The number of rotatable bonds is 3. The topological polar surface area (TPSA) is 55.8 Å². The van der Waals surface area contributed by atoms with Gasteiger partial charge in [-0.3, -0.25) is 4.79 Å². The lowest BCUT2D eigenvalue weighted by Crippen LogP contribution is -2.31. The second kappa shape index (κ2) is 5.77. The van der Waals surface area contributed by atoms with Gasteiger partial charge in [0.1, 0.15) is 5.92 Å². The van der Waals surface area contributed by atoms with Crippen LogP contribution in [0.4, 0.5) is 5.69 Å². The first-order valence-corrected chi connectivity index (χ1v) is 6.37. The first-order chi connectivity index (χ1) is 9.63. The predicted octanol–water partition coefficient (Wildman–Crippen LogP) is 1.84. The van der Waals surface area contributed by atoms with Gasteiger partial charge in [0.05, 0.1) is 19.8 Å². The summed E-state index contributed by atoms with van der Waals surface area (Å²) in [5.41, 5.74) is 1.95. The van der Waals surface area contributed by atoms with Crippen molar-refractivity contribution in [3.8, 4) is 0 Å². The van der Waals surface area contributed by atoms with E-state index in [-0.39, 0.29) is 0 Å². The Morgan fingerprint density at radius 2 is 1.90 bits per heavy atom. The molecule has 1 aliphatic heterocycles. The maximum Gasteiger partial charge on any atom is 0.336 e. The SMILES string of the molecule is CCN1C=C(C(=O)OC)[C@@H](C(=O)OC)c2ccccc21. The van der Waals surface area contributed by atoms with Crippen LogP contribution in [0.15, 0.2) is 36.0 Å². The van der Waals surface area contributed by atoms with Gasteiger partial charge in [0.2, 0.25) is 0 Å². The lowest BCUT2D eigenvalue weighted by Gasteiger charge is -2.31. The van der Waals surface area contributed by atoms with E-state index in [2.05, 4.69) is 0 Å². The Balaban J connectivity index is 2.59. The van der Waals surface area contributed by atoms with Crippen LogP contribution in [0.25, 0.3) is 0 Å². The number of anilines is 1. The molecule has 0 aliphatic carbocycles. The number of para-hydroxylation sites is 1. The van der Waals surface area contributed by atoms with Gasteiger partial charge in [0.15, 0.2) is 0 Å². The molecular formula is C15H17NO4. The Kier molecular flexibility index (Phi) is 4.08. The molecule has 0 aromatic heterocycles. The van der Waals surface area contributed by atoms with Crippen LogP contribution in [-0.2, 0) is 19.1 Å². The summed E-state index contributed by atoms with van der Waals surface area (Å²) in [4.78, 5) is 25.9. The Bertz CT molecular complexity index is 565. The third-order valence-electron chi connectivity index (χ3n) is 3.36. The van der Waals surface area contributed by atoms with E-state index >= 15 is 0 Å². The molecule has 1 aromatic carbocycles. The number of carbonyl (C=O) groups is 2. The number of ether oxygens (including phenoxy) is 2. The number of hydrogen-bond acceptors (Lipinski definition) is 5. The first kappa shape index (κ1) is 14.1. The average molecular weight is 275 g/mol. The molecule has 1 aliphatic rings. The van der Waals surface area contributed by atoms with E-state index in [9.17, 15) is 9.59 Å². The summed E-state index contributed by atoms with van der Waals surface area (Å²) < 4.78 is 9.62. The molecule has 0 unspecified atom stereocenters. The molecule has 2 rings (SSSR count). The standard InChI is InChI=1S/C15H17NO4/c1-4-16-9-11(14(17)19-2)13(15(18)20-3)10-7-5-6-8-12(10)16/h5-9,13H,4H2,1-3H3/t13-/m0/s1. The van der Waals surface area contributed by atoms with Crippen LogP contribution in [0.3, 0.4) is 0 Å². The molecular weight excluding hydrogens is 258 g/mol. The normalized spacial score (nSPS) is 17.1. The number of esters is 2. The van der Waals surface area contributed by atoms with E-state index in [4.69, 9.17) is 9.47 Å². The molecule has 0 amide bonds. The second-order valence-corrected chi connectivity index (χ2v) is 4.38. The lowest BCUT2D eigenvalue weighted by molar-refractivity contribution is -0.144. The van der Waals surface area contributed by atoms with Crippen LogP contribution in [0, 0.1) is 0 Å². The largest absolute Gasteiger partial charge is 0.468 e. The van der Waals surface area contributed by atoms with Crippen molar-refractivity contribution < 1.29 is 19.1 Å². The van der Waals surface area contributed by atoms with Crippen molar-refractivity contribution in [1.29, 1.82) is 0 Å². The smallest absolute Gasteiger partial charge is 0.336 e. The highest BCUT2D eigenvalue weighted by Crippen LogP contribution is 2.38. The number of methoxy groups -OCH3 is 2. The molecule has 5 nitrogen and oxygen atoms in total. The van der Waals surface area contributed by atoms with Gasteiger partial charge in [-0.15, -0.1) is 0 Å². The fraction of sp³-hybridized carbons (Fsp3) is 0.333. The monoisotopic (exact) mass is 275 g/mol. The van der Waals surface area contributed by atoms with Gasteiger partial charge < -0.3 is 14.4 Å². The third kappa shape index (κ3) is 2.27. The lowest BCUT2D eigenvalue weighted by atomic mass is 9.87. The van der Waals surface area contributed by atoms with E-state index in [0.717, 1.165) is 11.3 Å². The third-order valence-corrected chi connectivity index (χ3v) is 3.36. The number of benzene rings is 1. The van der Waals surface area contributed by atoms with Gasteiger partial charge in [0, 0.05) is 18.4 Å². The van der Waals surface area contributed by atoms with E-state index in [1.807, 2.05) is 36.1 Å². The maximum absolute atomic E-state index is 12.1. The minimum absolute atomic E-state index is 0.292. The highest BCUT2D eigenvalue weighted by molar-refractivity contribution is 6.01. The van der Waals surface area contributed by atoms with E-state index in [0.29, 0.717) is 12.1 Å². The zero-order valence-corrected chi connectivity index (χ0v) is 11.8. The summed E-state index contributed by atoms with van der Waals surface area (Å²) in [6, 6.07) is 7.48. The van der Waals surface area contributed by atoms with Crippen LogP contribution >= 0.6 is 0 Å². The maximum atomic E-state index is 12.1. The molecule has 0 saturated heterocycles. The molecule has 0 fully saturated rings. The summed E-state index contributed by atoms with van der Waals surface area (Å²) in [6.07, 6.45) is 1.66. The number of hydrogen-bond donors (Lipinski definition) is 0. The van der Waals surface area contributed by atoms with E-state index in [1.165, 1.54) is 14.2 Å². The fourth-order valence-corrected chi connectivity index (χ4v) is 2.39. The van der Waals surface area contributed by atoms with Crippen molar-refractivity contribution in [3.05, 3.63) is 41.6 Å². The van der Waals surface area contributed by atoms with Crippen molar-refractivity contribution in [2.45, 2.75) is 12.8 Å². The molecule has 106 valence electrons. The van der Waals surface area contributed by atoms with Crippen LogP contribution in [0.2, 0.25) is 0 Å². The van der Waals surface area contributed by atoms with Gasteiger partial charge in [0.25, 0.3) is 0 Å². The molecule has 1 atom stereocenters. The molecule has 0 saturated carbocycles. The highest BCUT2D eigenvalue weighted by atomic mass is 16.5. The summed E-state index contributed by atoms with van der Waals surface area (Å²) in [7, 11) is 2.61. The molecule has 20 heavy (non-hydrogen) atoms. The van der Waals surface area contributed by atoms with Crippen molar-refractivity contribution in [2.75, 3.05) is 25.7 Å². The van der Waals surface area contributed by atoms with Crippen molar-refractivity contribution >= 4 is 17.6 Å². The Morgan fingerprint density at radius 1 is 1.20 bits per heavy atom. The first-order valence-electron chi connectivity index (χ1n) is 6.37. The van der Waals surface area contributed by atoms with E-state index in [1.54, 1.807) is 6.20 Å². The molecule has 5 heteroatoms. The van der Waals surface area contributed by atoms with Crippen molar-refractivity contribution in [1.82, 2.24) is 0 Å². The van der Waals surface area contributed by atoms with Crippen molar-refractivity contribution in [3.63, 3.8) is 0 Å². The minimum Gasteiger partial charge on any atom is -0.468 e. The van der Waals surface area contributed by atoms with Crippen molar-refractivity contribution in [2.24, 2.45) is 0 Å². The van der Waals surface area contributed by atoms with Gasteiger partial charge in [-0.1, -0.05) is 18.2 Å². The second-order valence-electron chi connectivity index (χ2n) is 4.38. The zero-order valence-electron chi connectivity index (χ0n) is 11.8. The van der Waals surface area contributed by atoms with Crippen LogP contribution in [-0.4, -0.2) is 32.7 Å². The van der Waals surface area contributed by atoms with Gasteiger partial charge in [-0.05, 0) is 18.6 Å². The molecule has 1 aromatic rings. The Labute approximate surface area is 117 Å². The van der Waals surface area contributed by atoms with Crippen LogP contribution < -0.4 is 4.90 Å². The van der Waals surface area contributed by atoms with Crippen LogP contribution in [0.5, 0.6) is 0 Å². The fourth-order valence-electron chi connectivity index (χ4n) is 2.39. The van der Waals surface area contributed by atoms with E-state index < -0.39 is 17.9 Å².